The van der Waals surface area contributed by atoms with Gasteiger partial charge >= 0.3 is 0 Å². The van der Waals surface area contributed by atoms with E-state index in [4.69, 9.17) is 23.2 Å². The lowest BCUT2D eigenvalue weighted by Gasteiger charge is -2.26. The molecule has 0 fully saturated rings. The summed E-state index contributed by atoms with van der Waals surface area (Å²) in [5.41, 5.74) is 2.27. The third kappa shape index (κ3) is 5.81. The highest BCUT2D eigenvalue weighted by Crippen LogP contribution is 2.26. The monoisotopic (exact) mass is 430 g/mol. The van der Waals surface area contributed by atoms with Crippen molar-refractivity contribution >= 4 is 29.1 Å². The number of nitrogens with zero attached hydrogens (tertiary/aromatic N) is 3. The van der Waals surface area contributed by atoms with Crippen LogP contribution in [-0.2, 0) is 17.8 Å². The number of hydrogen-bond donors (Lipinski definition) is 1. The van der Waals surface area contributed by atoms with Crippen LogP contribution in [0.15, 0.2) is 48.5 Å². The van der Waals surface area contributed by atoms with Crippen LogP contribution in [0, 0.1) is 13.8 Å². The van der Waals surface area contributed by atoms with Gasteiger partial charge in [0.1, 0.15) is 18.2 Å². The van der Waals surface area contributed by atoms with Crippen LogP contribution in [0.3, 0.4) is 0 Å². The minimum absolute atomic E-state index is 0.0796. The summed E-state index contributed by atoms with van der Waals surface area (Å²) in [5.74, 6) is 1.36. The number of aryl methyl sites for hydroxylation is 2. The first-order valence-corrected chi connectivity index (χ1v) is 10.2. The molecule has 0 aliphatic rings. The average molecular weight is 431 g/mol. The van der Waals surface area contributed by atoms with E-state index in [0.717, 1.165) is 23.4 Å². The number of hydrogen-bond acceptors (Lipinski definition) is 3. The molecule has 2 atom stereocenters. The van der Waals surface area contributed by atoms with Gasteiger partial charge in [0.15, 0.2) is 0 Å². The Labute approximate surface area is 181 Å². The summed E-state index contributed by atoms with van der Waals surface area (Å²) in [6.45, 7) is 5.82. The Morgan fingerprint density at radius 2 is 1.62 bits per heavy atom. The average Bonchev–Trinajstić information content (AvgIpc) is 2.98. The zero-order valence-corrected chi connectivity index (χ0v) is 18.2. The van der Waals surface area contributed by atoms with Crippen molar-refractivity contribution in [1.29, 1.82) is 0 Å². The molecule has 29 heavy (non-hydrogen) atoms. The zero-order chi connectivity index (χ0) is 21.0. The molecule has 5 nitrogen and oxygen atoms in total. The van der Waals surface area contributed by atoms with E-state index in [1.54, 1.807) is 4.68 Å². The van der Waals surface area contributed by atoms with Crippen LogP contribution >= 0.6 is 23.2 Å². The Hall–Kier alpha value is -2.37. The molecule has 152 valence electrons. The predicted octanol–water partition coefficient (Wildman–Crippen LogP) is 4.73. The van der Waals surface area contributed by atoms with Crippen LogP contribution in [0.1, 0.15) is 35.6 Å². The number of amides is 1. The molecule has 1 aromatic heterocycles. The molecule has 3 aromatic rings. The lowest BCUT2D eigenvalue weighted by molar-refractivity contribution is -0.122. The Bertz CT molecular complexity index is 967. The summed E-state index contributed by atoms with van der Waals surface area (Å²) < 4.78 is 1.62. The first kappa shape index (κ1) is 21.3. The number of carbonyl (C=O) groups excluding carboxylic acids is 1. The molecular formula is C22H24Cl2N4O. The highest BCUT2D eigenvalue weighted by molar-refractivity contribution is 6.30. The van der Waals surface area contributed by atoms with E-state index in [0.29, 0.717) is 15.9 Å². The van der Waals surface area contributed by atoms with Crippen LogP contribution in [0.4, 0.5) is 0 Å². The molecule has 2 unspecified atom stereocenters. The number of nitrogens with one attached hydrogen (secondary N) is 1. The second-order valence-corrected chi connectivity index (χ2v) is 8.08. The third-order valence-electron chi connectivity index (χ3n) is 4.92. The van der Waals surface area contributed by atoms with Crippen LogP contribution in [-0.4, -0.2) is 26.7 Å². The van der Waals surface area contributed by atoms with Gasteiger partial charge in [0, 0.05) is 22.0 Å². The molecule has 1 heterocycles. The highest BCUT2D eigenvalue weighted by Gasteiger charge is 2.22. The molecule has 7 heteroatoms. The molecule has 0 bridgehead atoms. The summed E-state index contributed by atoms with van der Waals surface area (Å²) in [6.07, 6.45) is 0.766. The van der Waals surface area contributed by atoms with E-state index in [1.165, 1.54) is 0 Å². The van der Waals surface area contributed by atoms with E-state index < -0.39 is 0 Å². The fourth-order valence-electron chi connectivity index (χ4n) is 3.41. The Balaban J connectivity index is 1.76. The molecule has 1 amide bonds. The first-order valence-electron chi connectivity index (χ1n) is 9.49. The minimum atomic E-state index is -0.0967. The van der Waals surface area contributed by atoms with Gasteiger partial charge in [-0.15, -0.1) is 0 Å². The highest BCUT2D eigenvalue weighted by atomic mass is 35.5. The lowest BCUT2D eigenvalue weighted by atomic mass is 9.86. The van der Waals surface area contributed by atoms with Gasteiger partial charge in [-0.05, 0) is 62.6 Å². The van der Waals surface area contributed by atoms with Crippen LogP contribution in [0.5, 0.6) is 0 Å². The van der Waals surface area contributed by atoms with Gasteiger partial charge in [-0.1, -0.05) is 47.5 Å². The van der Waals surface area contributed by atoms with E-state index in [9.17, 15) is 4.79 Å². The molecular weight excluding hydrogens is 407 g/mol. The van der Waals surface area contributed by atoms with Gasteiger partial charge in [-0.2, -0.15) is 5.10 Å². The van der Waals surface area contributed by atoms with Gasteiger partial charge < -0.3 is 5.32 Å². The fraction of sp³-hybridized carbons (Fsp3) is 0.318. The van der Waals surface area contributed by atoms with Crippen molar-refractivity contribution in [2.45, 2.75) is 45.7 Å². The van der Waals surface area contributed by atoms with E-state index in [1.807, 2.05) is 69.3 Å². The standard InChI is InChI=1S/C22H24Cl2N4O/c1-14(25-22(29)13-28-16(3)26-15(2)27-28)21(18-6-10-20(24)11-7-18)12-17-4-8-19(23)9-5-17/h4-11,14,21H,12-13H2,1-3H3,(H,25,29). The second-order valence-electron chi connectivity index (χ2n) is 7.21. The lowest BCUT2D eigenvalue weighted by Crippen LogP contribution is -2.40. The molecule has 3 rings (SSSR count). The first-order chi connectivity index (χ1) is 13.8. The van der Waals surface area contributed by atoms with Crippen molar-refractivity contribution in [3.63, 3.8) is 0 Å². The van der Waals surface area contributed by atoms with Crippen molar-refractivity contribution in [3.8, 4) is 0 Å². The number of carbonyl (C=O) groups is 1. The van der Waals surface area contributed by atoms with E-state index in [-0.39, 0.29) is 24.4 Å². The predicted molar refractivity (Wildman–Crippen MR) is 116 cm³/mol. The number of aromatic nitrogens is 3. The molecule has 0 aliphatic carbocycles. The van der Waals surface area contributed by atoms with Crippen molar-refractivity contribution < 1.29 is 4.79 Å². The van der Waals surface area contributed by atoms with Gasteiger partial charge in [0.05, 0.1) is 0 Å². The van der Waals surface area contributed by atoms with E-state index in [2.05, 4.69) is 15.4 Å². The van der Waals surface area contributed by atoms with Crippen molar-refractivity contribution in [2.24, 2.45) is 0 Å². The summed E-state index contributed by atoms with van der Waals surface area (Å²) in [6, 6.07) is 15.5. The molecule has 0 spiro atoms. The van der Waals surface area contributed by atoms with Gasteiger partial charge in [-0.25, -0.2) is 9.67 Å². The summed E-state index contributed by atoms with van der Waals surface area (Å²) >= 11 is 12.1. The van der Waals surface area contributed by atoms with Crippen LogP contribution < -0.4 is 5.32 Å². The molecule has 1 N–H and O–H groups in total. The molecule has 2 aromatic carbocycles. The summed E-state index contributed by atoms with van der Waals surface area (Å²) in [5, 5.41) is 8.78. The normalized spacial score (nSPS) is 13.1. The van der Waals surface area contributed by atoms with Gasteiger partial charge in [0.25, 0.3) is 0 Å². The fourth-order valence-corrected chi connectivity index (χ4v) is 3.67. The maximum absolute atomic E-state index is 12.6. The smallest absolute Gasteiger partial charge is 0.242 e. The maximum atomic E-state index is 12.6. The molecule has 0 saturated carbocycles. The van der Waals surface area contributed by atoms with Gasteiger partial charge in [0.2, 0.25) is 5.91 Å². The number of rotatable bonds is 7. The Kier molecular flexibility index (Phi) is 6.93. The summed E-state index contributed by atoms with van der Waals surface area (Å²) in [4.78, 5) is 16.9. The maximum Gasteiger partial charge on any atom is 0.242 e. The number of benzene rings is 2. The molecule has 0 aliphatic heterocycles. The quantitative estimate of drug-likeness (QED) is 0.588. The molecule has 0 saturated heterocycles. The minimum Gasteiger partial charge on any atom is -0.351 e. The van der Waals surface area contributed by atoms with Crippen molar-refractivity contribution in [1.82, 2.24) is 20.1 Å². The van der Waals surface area contributed by atoms with Crippen LogP contribution in [0.25, 0.3) is 0 Å². The third-order valence-corrected chi connectivity index (χ3v) is 5.42. The molecule has 0 radical (unpaired) electrons. The van der Waals surface area contributed by atoms with Crippen molar-refractivity contribution in [3.05, 3.63) is 81.4 Å². The van der Waals surface area contributed by atoms with E-state index >= 15 is 0 Å². The topological polar surface area (TPSA) is 59.8 Å². The van der Waals surface area contributed by atoms with Crippen molar-refractivity contribution in [2.75, 3.05) is 0 Å². The van der Waals surface area contributed by atoms with Gasteiger partial charge in [-0.3, -0.25) is 4.79 Å². The summed E-state index contributed by atoms with van der Waals surface area (Å²) in [7, 11) is 0. The number of halogens is 2. The zero-order valence-electron chi connectivity index (χ0n) is 16.7. The SMILES string of the molecule is Cc1nc(C)n(CC(=O)NC(C)C(Cc2ccc(Cl)cc2)c2ccc(Cl)cc2)n1. The largest absolute Gasteiger partial charge is 0.351 e. The Morgan fingerprint density at radius 1 is 1.03 bits per heavy atom. The Morgan fingerprint density at radius 3 is 2.17 bits per heavy atom. The van der Waals surface area contributed by atoms with Crippen LogP contribution in [0.2, 0.25) is 10.0 Å². The second kappa shape index (κ2) is 9.42.